The Hall–Kier alpha value is -0.860. The van der Waals surface area contributed by atoms with Crippen LogP contribution in [-0.2, 0) is 4.74 Å². The molecule has 2 nitrogen and oxygen atoms in total. The van der Waals surface area contributed by atoms with Crippen LogP contribution in [0.1, 0.15) is 6.92 Å². The molecule has 2 heteroatoms. The minimum atomic E-state index is 0.0146. The van der Waals surface area contributed by atoms with Crippen molar-refractivity contribution in [1.29, 1.82) is 0 Å². The van der Waals surface area contributed by atoms with E-state index in [1.54, 1.807) is 0 Å². The highest BCUT2D eigenvalue weighted by Crippen LogP contribution is 2.26. The maximum atomic E-state index is 5.23. The number of hydrogen-bond acceptors (Lipinski definition) is 2. The summed E-state index contributed by atoms with van der Waals surface area (Å²) in [6, 6.07) is 0. The molecule has 0 amide bonds. The lowest BCUT2D eigenvalue weighted by atomic mass is 9.87. The molecule has 0 atom stereocenters. The van der Waals surface area contributed by atoms with Gasteiger partial charge in [0.2, 0.25) is 0 Å². The van der Waals surface area contributed by atoms with Gasteiger partial charge in [-0.25, -0.2) is 0 Å². The third-order valence-corrected chi connectivity index (χ3v) is 2.37. The predicted molar refractivity (Wildman–Crippen MR) is 55.7 cm³/mol. The highest BCUT2D eigenvalue weighted by molar-refractivity contribution is 5.36. The summed E-state index contributed by atoms with van der Waals surface area (Å²) >= 11 is 0. The third kappa shape index (κ3) is 1.90. The van der Waals surface area contributed by atoms with Crippen molar-refractivity contribution >= 4 is 0 Å². The van der Waals surface area contributed by atoms with Gasteiger partial charge in [0.15, 0.2) is 0 Å². The highest BCUT2D eigenvalue weighted by atomic mass is 16.5. The van der Waals surface area contributed by atoms with E-state index in [9.17, 15) is 0 Å². The summed E-state index contributed by atoms with van der Waals surface area (Å²) in [6.07, 6.45) is 7.97. The molecule has 0 aromatic carbocycles. The fourth-order valence-electron chi connectivity index (χ4n) is 1.44. The molecule has 1 saturated heterocycles. The zero-order valence-corrected chi connectivity index (χ0v) is 8.34. The van der Waals surface area contributed by atoms with Crippen molar-refractivity contribution in [2.75, 3.05) is 20.3 Å². The first kappa shape index (κ1) is 10.2. The molecule has 72 valence electrons. The lowest BCUT2D eigenvalue weighted by Gasteiger charge is -2.42. The second-order valence-corrected chi connectivity index (χ2v) is 3.18. The molecule has 1 fully saturated rings. The number of rotatable bonds is 4. The molecule has 0 spiro atoms. The van der Waals surface area contributed by atoms with Gasteiger partial charge in [-0.1, -0.05) is 30.9 Å². The van der Waals surface area contributed by atoms with E-state index in [4.69, 9.17) is 4.74 Å². The van der Waals surface area contributed by atoms with Crippen LogP contribution in [0, 0.1) is 0 Å². The average Bonchev–Trinajstić information content (AvgIpc) is 2.04. The Balaban J connectivity index is 2.84. The van der Waals surface area contributed by atoms with Crippen LogP contribution < -0.4 is 5.32 Å². The predicted octanol–water partition coefficient (Wildman–Crippen LogP) is 1.66. The van der Waals surface area contributed by atoms with Gasteiger partial charge in [0.1, 0.15) is 0 Å². The van der Waals surface area contributed by atoms with Crippen molar-refractivity contribution in [2.45, 2.75) is 12.5 Å². The second-order valence-electron chi connectivity index (χ2n) is 3.18. The summed E-state index contributed by atoms with van der Waals surface area (Å²) in [5.41, 5.74) is 1.25. The molecule has 0 aliphatic carbocycles. The Labute approximate surface area is 80.0 Å². The summed E-state index contributed by atoms with van der Waals surface area (Å²) < 4.78 is 5.23. The van der Waals surface area contributed by atoms with Gasteiger partial charge in [-0.05, 0) is 19.5 Å². The molecule has 1 heterocycles. The SMILES string of the molecule is C=C/C=C(\C=C/C)C1(NC)COC1. The second kappa shape index (κ2) is 4.40. The van der Waals surface area contributed by atoms with Gasteiger partial charge in [-0.3, -0.25) is 0 Å². The third-order valence-electron chi connectivity index (χ3n) is 2.37. The van der Waals surface area contributed by atoms with Crippen molar-refractivity contribution in [3.8, 4) is 0 Å². The van der Waals surface area contributed by atoms with Crippen LogP contribution in [0.5, 0.6) is 0 Å². The first-order valence-corrected chi connectivity index (χ1v) is 4.51. The van der Waals surface area contributed by atoms with Crippen molar-refractivity contribution in [1.82, 2.24) is 5.32 Å². The van der Waals surface area contributed by atoms with E-state index in [0.29, 0.717) is 0 Å². The highest BCUT2D eigenvalue weighted by Gasteiger charge is 2.39. The summed E-state index contributed by atoms with van der Waals surface area (Å²) in [5.74, 6) is 0. The molecule has 1 rings (SSSR count). The lowest BCUT2D eigenvalue weighted by Crippen LogP contribution is -2.60. The zero-order valence-electron chi connectivity index (χ0n) is 8.34. The van der Waals surface area contributed by atoms with Gasteiger partial charge in [0, 0.05) is 0 Å². The average molecular weight is 179 g/mol. The van der Waals surface area contributed by atoms with E-state index in [0.717, 1.165) is 13.2 Å². The Morgan fingerprint density at radius 3 is 2.54 bits per heavy atom. The summed E-state index contributed by atoms with van der Waals surface area (Å²) in [5, 5.41) is 3.29. The van der Waals surface area contributed by atoms with Crippen molar-refractivity contribution in [3.05, 3.63) is 36.5 Å². The molecule has 0 saturated carbocycles. The number of nitrogens with one attached hydrogen (secondary N) is 1. The van der Waals surface area contributed by atoms with E-state index in [1.807, 2.05) is 32.2 Å². The van der Waals surface area contributed by atoms with Crippen LogP contribution in [-0.4, -0.2) is 25.8 Å². The van der Waals surface area contributed by atoms with Crippen LogP contribution in [0.15, 0.2) is 36.5 Å². The lowest BCUT2D eigenvalue weighted by molar-refractivity contribution is -0.0485. The van der Waals surface area contributed by atoms with Crippen molar-refractivity contribution < 1.29 is 4.74 Å². The van der Waals surface area contributed by atoms with Gasteiger partial charge >= 0.3 is 0 Å². The Morgan fingerprint density at radius 1 is 1.54 bits per heavy atom. The minimum absolute atomic E-state index is 0.0146. The first-order chi connectivity index (χ1) is 6.29. The maximum absolute atomic E-state index is 5.23. The largest absolute Gasteiger partial charge is 0.377 e. The van der Waals surface area contributed by atoms with Gasteiger partial charge in [0.05, 0.1) is 18.8 Å². The van der Waals surface area contributed by atoms with Crippen molar-refractivity contribution in [2.24, 2.45) is 0 Å². The normalized spacial score (nSPS) is 21.5. The molecule has 0 unspecified atom stereocenters. The summed E-state index contributed by atoms with van der Waals surface area (Å²) in [7, 11) is 1.96. The van der Waals surface area contributed by atoms with Gasteiger partial charge in [-0.2, -0.15) is 0 Å². The molecule has 0 radical (unpaired) electrons. The standard InChI is InChI=1S/C11H17NO/c1-4-6-10(7-5-2)11(12-3)8-13-9-11/h4-7,12H,1,8-9H2,2-3H3/b7-5-,10-6+. The Morgan fingerprint density at radius 2 is 2.23 bits per heavy atom. The molecule has 0 bridgehead atoms. The minimum Gasteiger partial charge on any atom is -0.377 e. The Kier molecular flexibility index (Phi) is 3.46. The molecule has 0 aromatic rings. The monoisotopic (exact) mass is 179 g/mol. The van der Waals surface area contributed by atoms with Gasteiger partial charge in [0.25, 0.3) is 0 Å². The van der Waals surface area contributed by atoms with Crippen LogP contribution in [0.4, 0.5) is 0 Å². The summed E-state index contributed by atoms with van der Waals surface area (Å²) in [4.78, 5) is 0. The molecule has 0 aromatic heterocycles. The molecular formula is C11H17NO. The number of allylic oxidation sites excluding steroid dienone is 3. The maximum Gasteiger partial charge on any atom is 0.0906 e. The molecule has 1 N–H and O–H groups in total. The fraction of sp³-hybridized carbons (Fsp3) is 0.455. The topological polar surface area (TPSA) is 21.3 Å². The fourth-order valence-corrected chi connectivity index (χ4v) is 1.44. The quantitative estimate of drug-likeness (QED) is 0.663. The number of hydrogen-bond donors (Lipinski definition) is 1. The van der Waals surface area contributed by atoms with E-state index in [1.165, 1.54) is 5.57 Å². The van der Waals surface area contributed by atoms with E-state index in [2.05, 4.69) is 18.0 Å². The van der Waals surface area contributed by atoms with E-state index in [-0.39, 0.29) is 5.54 Å². The van der Waals surface area contributed by atoms with Crippen LogP contribution in [0.3, 0.4) is 0 Å². The van der Waals surface area contributed by atoms with E-state index < -0.39 is 0 Å². The van der Waals surface area contributed by atoms with Gasteiger partial charge in [-0.15, -0.1) is 0 Å². The van der Waals surface area contributed by atoms with Crippen LogP contribution in [0.2, 0.25) is 0 Å². The van der Waals surface area contributed by atoms with Gasteiger partial charge < -0.3 is 10.1 Å². The smallest absolute Gasteiger partial charge is 0.0906 e. The van der Waals surface area contributed by atoms with E-state index >= 15 is 0 Å². The zero-order chi connectivity index (χ0) is 9.73. The number of likely N-dealkylation sites (N-methyl/N-ethyl adjacent to an activating group) is 1. The molecule has 13 heavy (non-hydrogen) atoms. The van der Waals surface area contributed by atoms with Crippen LogP contribution >= 0.6 is 0 Å². The molecule has 1 aliphatic rings. The Bertz CT molecular complexity index is 231. The molecule has 1 aliphatic heterocycles. The molecular weight excluding hydrogens is 162 g/mol. The number of ether oxygens (including phenoxy) is 1. The summed E-state index contributed by atoms with van der Waals surface area (Å²) in [6.45, 7) is 7.21. The van der Waals surface area contributed by atoms with Crippen molar-refractivity contribution in [3.63, 3.8) is 0 Å². The van der Waals surface area contributed by atoms with Crippen LogP contribution in [0.25, 0.3) is 0 Å². The first-order valence-electron chi connectivity index (χ1n) is 4.51.